The largest absolute Gasteiger partial charge is 0.493 e. The maximum absolute atomic E-state index is 10.7. The molecule has 28 heavy (non-hydrogen) atoms. The van der Waals surface area contributed by atoms with Crippen LogP contribution >= 0.6 is 0 Å². The van der Waals surface area contributed by atoms with E-state index in [0.717, 1.165) is 19.3 Å². The Hall–Kier alpha value is -1.84. The number of fused-ring (bicyclic) bond motifs is 1. The highest BCUT2D eigenvalue weighted by Gasteiger charge is 2.47. The lowest BCUT2D eigenvalue weighted by atomic mass is 9.89. The van der Waals surface area contributed by atoms with Crippen molar-refractivity contribution in [1.29, 1.82) is 5.26 Å². The van der Waals surface area contributed by atoms with Crippen LogP contribution < -0.4 is 0 Å². The second-order valence-electron chi connectivity index (χ2n) is 8.16. The zero-order chi connectivity index (χ0) is 20.7. The summed E-state index contributed by atoms with van der Waals surface area (Å²) in [7, 11) is 0. The molecule has 1 unspecified atom stereocenters. The molecule has 0 aromatic heterocycles. The topological polar surface area (TPSA) is 111 Å². The summed E-state index contributed by atoms with van der Waals surface area (Å²) in [6.07, 6.45) is 7.65. The van der Waals surface area contributed by atoms with Crippen molar-refractivity contribution in [2.75, 3.05) is 0 Å². The third-order valence-electron chi connectivity index (χ3n) is 6.02. The minimum atomic E-state index is -0.869. The SMILES string of the molecule is CCCCC(C)[C@H](O)C=C[C@@H]1[C@H]2C/C(=C(/C#N)CCCC(=O)O)O[C@H]2C[C@H]1O. The fourth-order valence-electron chi connectivity index (χ4n) is 4.22. The van der Waals surface area contributed by atoms with E-state index in [0.29, 0.717) is 37.0 Å². The molecule has 1 heterocycles. The van der Waals surface area contributed by atoms with Gasteiger partial charge in [0, 0.05) is 31.1 Å². The summed E-state index contributed by atoms with van der Waals surface area (Å²) >= 11 is 0. The molecular weight excluding hydrogens is 358 g/mol. The molecule has 6 nitrogen and oxygen atoms in total. The maximum Gasteiger partial charge on any atom is 0.303 e. The van der Waals surface area contributed by atoms with Gasteiger partial charge in [0.25, 0.3) is 0 Å². The lowest BCUT2D eigenvalue weighted by Crippen LogP contribution is -2.20. The molecule has 6 atom stereocenters. The number of unbranched alkanes of at least 4 members (excludes halogenated alkanes) is 1. The average molecular weight is 392 g/mol. The zero-order valence-corrected chi connectivity index (χ0v) is 16.9. The van der Waals surface area contributed by atoms with Crippen molar-refractivity contribution in [3.63, 3.8) is 0 Å². The van der Waals surface area contributed by atoms with E-state index < -0.39 is 18.2 Å². The molecule has 0 amide bonds. The number of hydrogen-bond donors (Lipinski definition) is 3. The van der Waals surface area contributed by atoms with Crippen LogP contribution in [0.2, 0.25) is 0 Å². The molecular formula is C22H33NO5. The highest BCUT2D eigenvalue weighted by molar-refractivity contribution is 5.66. The van der Waals surface area contributed by atoms with E-state index in [4.69, 9.17) is 9.84 Å². The number of nitriles is 1. The number of carbonyl (C=O) groups is 1. The first-order valence-electron chi connectivity index (χ1n) is 10.4. The molecule has 1 aliphatic carbocycles. The van der Waals surface area contributed by atoms with Gasteiger partial charge in [-0.2, -0.15) is 5.26 Å². The van der Waals surface area contributed by atoms with Gasteiger partial charge < -0.3 is 20.1 Å². The fourth-order valence-corrected chi connectivity index (χ4v) is 4.22. The Morgan fingerprint density at radius 3 is 2.79 bits per heavy atom. The van der Waals surface area contributed by atoms with Gasteiger partial charge in [-0.25, -0.2) is 0 Å². The molecule has 156 valence electrons. The van der Waals surface area contributed by atoms with Crippen molar-refractivity contribution in [3.05, 3.63) is 23.5 Å². The minimum absolute atomic E-state index is 0.0312. The number of aliphatic carboxylic acids is 1. The van der Waals surface area contributed by atoms with E-state index >= 15 is 0 Å². The van der Waals surface area contributed by atoms with Crippen LogP contribution in [0.3, 0.4) is 0 Å². The predicted molar refractivity (Wildman–Crippen MR) is 105 cm³/mol. The van der Waals surface area contributed by atoms with Gasteiger partial charge in [0.05, 0.1) is 23.9 Å². The van der Waals surface area contributed by atoms with Gasteiger partial charge in [-0.1, -0.05) is 38.8 Å². The molecule has 1 saturated heterocycles. The molecule has 0 aromatic rings. The van der Waals surface area contributed by atoms with Crippen molar-refractivity contribution >= 4 is 5.97 Å². The van der Waals surface area contributed by atoms with E-state index in [1.54, 1.807) is 6.08 Å². The summed E-state index contributed by atoms with van der Waals surface area (Å²) in [6, 6.07) is 2.16. The number of carboxylic acids is 1. The van der Waals surface area contributed by atoms with Gasteiger partial charge in [0.15, 0.2) is 0 Å². The number of carboxylic acid groups (broad SMARTS) is 1. The van der Waals surface area contributed by atoms with Crippen LogP contribution in [0.25, 0.3) is 0 Å². The summed E-state index contributed by atoms with van der Waals surface area (Å²) in [5.74, 6) is -0.0615. The van der Waals surface area contributed by atoms with Crippen molar-refractivity contribution in [3.8, 4) is 6.07 Å². The van der Waals surface area contributed by atoms with Gasteiger partial charge in [0.1, 0.15) is 11.9 Å². The Labute approximate surface area is 167 Å². The smallest absolute Gasteiger partial charge is 0.303 e. The number of allylic oxidation sites excluding steroid dienone is 2. The summed E-state index contributed by atoms with van der Waals surface area (Å²) in [5.41, 5.74) is 0.515. The van der Waals surface area contributed by atoms with Gasteiger partial charge in [-0.15, -0.1) is 0 Å². The third-order valence-corrected chi connectivity index (χ3v) is 6.02. The molecule has 2 aliphatic rings. The molecule has 0 bridgehead atoms. The summed E-state index contributed by atoms with van der Waals surface area (Å²) < 4.78 is 5.96. The van der Waals surface area contributed by atoms with Crippen LogP contribution in [-0.2, 0) is 9.53 Å². The number of hydrogen-bond acceptors (Lipinski definition) is 5. The number of rotatable bonds is 10. The Balaban J connectivity index is 2.00. The Morgan fingerprint density at radius 2 is 2.14 bits per heavy atom. The van der Waals surface area contributed by atoms with E-state index in [1.165, 1.54) is 0 Å². The lowest BCUT2D eigenvalue weighted by Gasteiger charge is -2.18. The van der Waals surface area contributed by atoms with E-state index in [1.807, 2.05) is 13.0 Å². The molecule has 2 fully saturated rings. The first-order valence-corrected chi connectivity index (χ1v) is 10.4. The fraction of sp³-hybridized carbons (Fsp3) is 0.727. The number of aliphatic hydroxyl groups excluding tert-OH is 2. The Kier molecular flexibility index (Phi) is 8.53. The molecule has 2 rings (SSSR count). The van der Waals surface area contributed by atoms with E-state index in [-0.39, 0.29) is 30.3 Å². The highest BCUT2D eigenvalue weighted by atomic mass is 16.5. The van der Waals surface area contributed by atoms with Gasteiger partial charge in [-0.3, -0.25) is 4.79 Å². The van der Waals surface area contributed by atoms with Crippen molar-refractivity contribution in [2.45, 2.75) is 83.5 Å². The van der Waals surface area contributed by atoms with Crippen molar-refractivity contribution < 1.29 is 24.9 Å². The molecule has 1 aliphatic heterocycles. The average Bonchev–Trinajstić information content (AvgIpc) is 3.18. The summed E-state index contributed by atoms with van der Waals surface area (Å²) in [6.45, 7) is 4.17. The van der Waals surface area contributed by atoms with Gasteiger partial charge in [-0.05, 0) is 25.2 Å². The summed E-state index contributed by atoms with van der Waals surface area (Å²) in [5, 5.41) is 38.9. The molecule has 6 heteroatoms. The van der Waals surface area contributed by atoms with Gasteiger partial charge in [0.2, 0.25) is 0 Å². The molecule has 0 aromatic carbocycles. The number of nitrogens with zero attached hydrogens (tertiary/aromatic N) is 1. The quantitative estimate of drug-likeness (QED) is 0.388. The Bertz CT molecular complexity index is 635. The lowest BCUT2D eigenvalue weighted by molar-refractivity contribution is -0.137. The molecule has 3 N–H and O–H groups in total. The van der Waals surface area contributed by atoms with Crippen LogP contribution in [-0.4, -0.2) is 39.6 Å². The van der Waals surface area contributed by atoms with Gasteiger partial charge >= 0.3 is 5.97 Å². The van der Waals surface area contributed by atoms with Crippen molar-refractivity contribution in [2.24, 2.45) is 17.8 Å². The second kappa shape index (κ2) is 10.6. The number of aliphatic hydroxyl groups is 2. The zero-order valence-electron chi connectivity index (χ0n) is 16.9. The van der Waals surface area contributed by atoms with Crippen LogP contribution in [0.4, 0.5) is 0 Å². The second-order valence-corrected chi connectivity index (χ2v) is 8.16. The Morgan fingerprint density at radius 1 is 1.39 bits per heavy atom. The third kappa shape index (κ3) is 5.83. The van der Waals surface area contributed by atoms with Crippen LogP contribution in [0, 0.1) is 29.1 Å². The van der Waals surface area contributed by atoms with Crippen LogP contribution in [0.1, 0.15) is 65.2 Å². The summed E-state index contributed by atoms with van der Waals surface area (Å²) in [4.78, 5) is 10.7. The van der Waals surface area contributed by atoms with E-state index in [2.05, 4.69) is 13.0 Å². The molecule has 0 radical (unpaired) electrons. The normalized spacial score (nSPS) is 30.5. The van der Waals surface area contributed by atoms with Crippen LogP contribution in [0.5, 0.6) is 0 Å². The van der Waals surface area contributed by atoms with Crippen molar-refractivity contribution in [1.82, 2.24) is 0 Å². The first kappa shape index (κ1) is 22.4. The minimum Gasteiger partial charge on any atom is -0.493 e. The maximum atomic E-state index is 10.7. The first-order chi connectivity index (χ1) is 13.4. The highest BCUT2D eigenvalue weighted by Crippen LogP contribution is 2.46. The standard InChI is InChI=1S/C22H33NO5/c1-3-4-6-14(2)18(24)10-9-16-17-11-20(28-21(17)12-19(16)25)15(13-23)7-5-8-22(26)27/h9-10,14,16-19,21,24-25H,3-8,11-12H2,1-2H3,(H,26,27)/b10-9?,20-15-/t14?,16-,17-,18-,19-,21+/m1/s1. The van der Waals surface area contributed by atoms with E-state index in [9.17, 15) is 20.3 Å². The predicted octanol–water partition coefficient (Wildman–Crippen LogP) is 3.55. The van der Waals surface area contributed by atoms with Crippen LogP contribution in [0.15, 0.2) is 23.5 Å². The molecule has 0 spiro atoms. The molecule has 1 saturated carbocycles. The monoisotopic (exact) mass is 391 g/mol. The number of ether oxygens (including phenoxy) is 1.